The van der Waals surface area contributed by atoms with Crippen molar-refractivity contribution < 1.29 is 28.8 Å². The molecule has 0 aromatic heterocycles. The number of hydrogen-bond donors (Lipinski definition) is 1. The largest absolute Gasteiger partial charge is 0.457 e. The number of aliphatic hydroxyl groups is 1. The molecule has 2 fully saturated rings. The first-order valence-corrected chi connectivity index (χ1v) is 8.19. The molecule has 0 saturated carbocycles. The number of rotatable bonds is 2. The number of esters is 1. The molecule has 2 aliphatic heterocycles. The second-order valence-electron chi connectivity index (χ2n) is 7.23. The number of hydrogen-bond acceptors (Lipinski definition) is 6. The van der Waals surface area contributed by atoms with E-state index in [1.807, 2.05) is 30.3 Å². The van der Waals surface area contributed by atoms with E-state index in [1.165, 1.54) is 0 Å². The Kier molecular flexibility index (Phi) is 4.92. The van der Waals surface area contributed by atoms with E-state index in [4.69, 9.17) is 18.9 Å². The maximum Gasteiger partial charge on any atom is 0.311 e. The minimum Gasteiger partial charge on any atom is -0.457 e. The van der Waals surface area contributed by atoms with Gasteiger partial charge in [-0.25, -0.2) is 0 Å². The van der Waals surface area contributed by atoms with Gasteiger partial charge in [0.2, 0.25) is 0 Å². The van der Waals surface area contributed by atoms with Crippen molar-refractivity contribution >= 4 is 5.97 Å². The van der Waals surface area contributed by atoms with Crippen molar-refractivity contribution in [3.8, 4) is 0 Å². The van der Waals surface area contributed by atoms with E-state index in [0.29, 0.717) is 6.61 Å². The third-order valence-electron chi connectivity index (χ3n) is 4.19. The fraction of sp³-hybridized carbons (Fsp3) is 0.611. The van der Waals surface area contributed by atoms with E-state index < -0.39 is 30.0 Å². The molecule has 2 saturated heterocycles. The maximum atomic E-state index is 12.1. The lowest BCUT2D eigenvalue weighted by Gasteiger charge is -2.44. The first kappa shape index (κ1) is 17.4. The molecule has 6 nitrogen and oxygen atoms in total. The van der Waals surface area contributed by atoms with Crippen LogP contribution in [0.1, 0.15) is 32.6 Å². The first-order chi connectivity index (χ1) is 11.4. The van der Waals surface area contributed by atoms with Crippen LogP contribution in [-0.4, -0.2) is 48.7 Å². The molecule has 1 N–H and O–H groups in total. The molecule has 0 amide bonds. The summed E-state index contributed by atoms with van der Waals surface area (Å²) in [5.74, 6) is -0.375. The normalized spacial score (nSPS) is 33.6. The Morgan fingerprint density at radius 3 is 2.54 bits per heavy atom. The highest BCUT2D eigenvalue weighted by Gasteiger charge is 2.47. The van der Waals surface area contributed by atoms with E-state index in [9.17, 15) is 9.90 Å². The number of fused-ring (bicyclic) bond motifs is 1. The average molecular weight is 336 g/mol. The van der Waals surface area contributed by atoms with Gasteiger partial charge in [-0.2, -0.15) is 0 Å². The molecule has 0 spiro atoms. The summed E-state index contributed by atoms with van der Waals surface area (Å²) in [5.41, 5.74) is 0.233. The highest BCUT2D eigenvalue weighted by atomic mass is 16.7. The summed E-state index contributed by atoms with van der Waals surface area (Å²) in [6, 6.07) is 9.51. The molecule has 0 bridgehead atoms. The second kappa shape index (κ2) is 6.80. The van der Waals surface area contributed by atoms with Crippen LogP contribution in [0.2, 0.25) is 0 Å². The van der Waals surface area contributed by atoms with E-state index in [1.54, 1.807) is 20.8 Å². The molecule has 24 heavy (non-hydrogen) atoms. The SMILES string of the molecule is CC(C)(C)C(=O)O[C@H]1CO[C@@H]2CO[C@@H](c3ccccc3)OC2[C@H]1O. The van der Waals surface area contributed by atoms with Gasteiger partial charge in [0.05, 0.1) is 18.6 Å². The zero-order chi connectivity index (χ0) is 17.3. The van der Waals surface area contributed by atoms with Crippen molar-refractivity contribution in [2.45, 2.75) is 51.5 Å². The molecule has 0 aliphatic carbocycles. The van der Waals surface area contributed by atoms with Gasteiger partial charge in [0.1, 0.15) is 18.3 Å². The maximum absolute atomic E-state index is 12.1. The molecule has 1 aromatic rings. The zero-order valence-corrected chi connectivity index (χ0v) is 14.2. The lowest BCUT2D eigenvalue weighted by atomic mass is 9.96. The van der Waals surface area contributed by atoms with Gasteiger partial charge in [0, 0.05) is 5.56 Å². The topological polar surface area (TPSA) is 74.2 Å². The monoisotopic (exact) mass is 336 g/mol. The zero-order valence-electron chi connectivity index (χ0n) is 14.2. The molecule has 2 aliphatic rings. The van der Waals surface area contributed by atoms with Crippen LogP contribution in [0.25, 0.3) is 0 Å². The minimum absolute atomic E-state index is 0.132. The Labute approximate surface area is 141 Å². The van der Waals surface area contributed by atoms with Crippen molar-refractivity contribution in [1.29, 1.82) is 0 Å². The molecule has 132 valence electrons. The first-order valence-electron chi connectivity index (χ1n) is 8.19. The predicted octanol–water partition coefficient (Wildman–Crippen LogP) is 1.82. The van der Waals surface area contributed by atoms with Gasteiger partial charge in [-0.1, -0.05) is 30.3 Å². The highest BCUT2D eigenvalue weighted by Crippen LogP contribution is 2.33. The second-order valence-corrected chi connectivity index (χ2v) is 7.23. The lowest BCUT2D eigenvalue weighted by Crippen LogP contribution is -2.59. The lowest BCUT2D eigenvalue weighted by molar-refractivity contribution is -0.315. The van der Waals surface area contributed by atoms with Gasteiger partial charge >= 0.3 is 5.97 Å². The van der Waals surface area contributed by atoms with Gasteiger partial charge in [0.25, 0.3) is 0 Å². The molecule has 5 atom stereocenters. The van der Waals surface area contributed by atoms with Crippen molar-refractivity contribution in [2.75, 3.05) is 13.2 Å². The minimum atomic E-state index is -0.954. The summed E-state index contributed by atoms with van der Waals surface area (Å²) in [6.45, 7) is 5.76. The molecular weight excluding hydrogens is 312 g/mol. The van der Waals surface area contributed by atoms with Crippen LogP contribution in [0.5, 0.6) is 0 Å². The smallest absolute Gasteiger partial charge is 0.311 e. The molecule has 1 aromatic carbocycles. The van der Waals surface area contributed by atoms with Crippen LogP contribution in [0.3, 0.4) is 0 Å². The van der Waals surface area contributed by atoms with E-state index in [-0.39, 0.29) is 18.7 Å². The molecule has 1 unspecified atom stereocenters. The van der Waals surface area contributed by atoms with Gasteiger partial charge in [-0.3, -0.25) is 4.79 Å². The van der Waals surface area contributed by atoms with Crippen molar-refractivity contribution in [1.82, 2.24) is 0 Å². The number of carbonyl (C=O) groups is 1. The van der Waals surface area contributed by atoms with Crippen LogP contribution in [0.4, 0.5) is 0 Å². The van der Waals surface area contributed by atoms with Gasteiger partial charge < -0.3 is 24.1 Å². The summed E-state index contributed by atoms with van der Waals surface area (Å²) in [7, 11) is 0. The van der Waals surface area contributed by atoms with Crippen molar-refractivity contribution in [3.05, 3.63) is 35.9 Å². The Hall–Kier alpha value is -1.47. The Balaban J connectivity index is 1.68. The third kappa shape index (κ3) is 3.62. The number of ether oxygens (including phenoxy) is 4. The Bertz CT molecular complexity index is 567. The van der Waals surface area contributed by atoms with Gasteiger partial charge in [-0.15, -0.1) is 0 Å². The third-order valence-corrected chi connectivity index (χ3v) is 4.19. The Morgan fingerprint density at radius 2 is 1.88 bits per heavy atom. The van der Waals surface area contributed by atoms with Crippen molar-refractivity contribution in [3.63, 3.8) is 0 Å². The quantitative estimate of drug-likeness (QED) is 0.831. The van der Waals surface area contributed by atoms with Crippen LogP contribution in [0.15, 0.2) is 30.3 Å². The number of benzene rings is 1. The fourth-order valence-electron chi connectivity index (χ4n) is 2.72. The summed E-state index contributed by atoms with van der Waals surface area (Å²) < 4.78 is 22.7. The van der Waals surface area contributed by atoms with Gasteiger partial charge in [-0.05, 0) is 20.8 Å². The summed E-state index contributed by atoms with van der Waals surface area (Å²) >= 11 is 0. The fourth-order valence-corrected chi connectivity index (χ4v) is 2.72. The Morgan fingerprint density at radius 1 is 1.17 bits per heavy atom. The van der Waals surface area contributed by atoms with E-state index in [2.05, 4.69) is 0 Å². The standard InChI is InChI=1S/C18H24O6/c1-18(2,3)17(20)23-12-9-21-13-10-22-16(24-15(13)14(12)19)11-7-5-4-6-8-11/h4-8,12-16,19H,9-10H2,1-3H3/t12-,13+,14-,15?,16+/m0/s1. The summed E-state index contributed by atoms with van der Waals surface area (Å²) in [6.07, 6.45) is -3.24. The molecule has 3 rings (SSSR count). The van der Waals surface area contributed by atoms with Crippen LogP contribution < -0.4 is 0 Å². The van der Waals surface area contributed by atoms with Crippen LogP contribution >= 0.6 is 0 Å². The van der Waals surface area contributed by atoms with Crippen molar-refractivity contribution in [2.24, 2.45) is 5.41 Å². The molecule has 0 radical (unpaired) electrons. The summed E-state index contributed by atoms with van der Waals surface area (Å²) in [4.78, 5) is 12.1. The van der Waals surface area contributed by atoms with E-state index >= 15 is 0 Å². The van der Waals surface area contributed by atoms with E-state index in [0.717, 1.165) is 5.56 Å². The molecule has 2 heterocycles. The average Bonchev–Trinajstić information content (AvgIpc) is 2.57. The van der Waals surface area contributed by atoms with Crippen LogP contribution in [0, 0.1) is 5.41 Å². The number of carbonyl (C=O) groups excluding carboxylic acids is 1. The molecular formula is C18H24O6. The molecule has 6 heteroatoms. The summed E-state index contributed by atoms with van der Waals surface area (Å²) in [5, 5.41) is 10.6. The predicted molar refractivity (Wildman–Crippen MR) is 85.1 cm³/mol. The number of aliphatic hydroxyl groups excluding tert-OH is 1. The highest BCUT2D eigenvalue weighted by molar-refractivity contribution is 5.75. The van der Waals surface area contributed by atoms with Gasteiger partial charge in [0.15, 0.2) is 12.4 Å². The van der Waals surface area contributed by atoms with Crippen LogP contribution in [-0.2, 0) is 23.7 Å².